The van der Waals surface area contributed by atoms with Gasteiger partial charge in [0.2, 0.25) is 5.91 Å². The Morgan fingerprint density at radius 3 is 2.95 bits per heavy atom. The minimum absolute atomic E-state index is 0.0815. The molecule has 102 valence electrons. The number of rotatable bonds is 7. The molecule has 0 aromatic heterocycles. The first-order valence-corrected chi connectivity index (χ1v) is 7.37. The summed E-state index contributed by atoms with van der Waals surface area (Å²) in [6.45, 7) is 0. The summed E-state index contributed by atoms with van der Waals surface area (Å²) in [7, 11) is 1.60. The van der Waals surface area contributed by atoms with Gasteiger partial charge in [0.05, 0.1) is 12.9 Å². The van der Waals surface area contributed by atoms with Crippen LogP contribution in [-0.4, -0.2) is 31.1 Å². The lowest BCUT2D eigenvalue weighted by Crippen LogP contribution is -2.27. The fourth-order valence-corrected chi connectivity index (χ4v) is 2.55. The second-order valence-electron chi connectivity index (χ2n) is 4.52. The van der Waals surface area contributed by atoms with Gasteiger partial charge in [0.1, 0.15) is 12.0 Å². The molecule has 0 saturated heterocycles. The number of methoxy groups -OCH3 is 1. The average Bonchev–Trinajstić information content (AvgIpc) is 3.22. The zero-order chi connectivity index (χ0) is 13.7. The summed E-state index contributed by atoms with van der Waals surface area (Å²) >= 11 is 1.52. The molecule has 0 unspecified atom stereocenters. The number of benzene rings is 1. The standard InChI is InChI=1S/C14H17NO3S/c1-18-13-5-2-10(7-16)6-11(13)8-19-9-14(17)15-12-3-4-12/h2,5-7,12H,3-4,8-9H2,1H3,(H,15,17). The monoisotopic (exact) mass is 279 g/mol. The van der Waals surface area contributed by atoms with Gasteiger partial charge >= 0.3 is 0 Å². The van der Waals surface area contributed by atoms with E-state index in [-0.39, 0.29) is 5.91 Å². The molecular formula is C14H17NO3S. The van der Waals surface area contributed by atoms with E-state index < -0.39 is 0 Å². The normalized spacial score (nSPS) is 13.9. The summed E-state index contributed by atoms with van der Waals surface area (Å²) in [5.41, 5.74) is 1.56. The van der Waals surface area contributed by atoms with Gasteiger partial charge in [-0.2, -0.15) is 0 Å². The van der Waals surface area contributed by atoms with E-state index in [0.29, 0.717) is 23.1 Å². The molecule has 0 spiro atoms. The number of carbonyl (C=O) groups is 2. The maximum Gasteiger partial charge on any atom is 0.230 e. The second-order valence-corrected chi connectivity index (χ2v) is 5.51. The number of amides is 1. The highest BCUT2D eigenvalue weighted by atomic mass is 32.2. The Labute approximate surface area is 116 Å². The molecule has 1 aliphatic rings. The molecule has 1 N–H and O–H groups in total. The van der Waals surface area contributed by atoms with Crippen LogP contribution in [0.4, 0.5) is 0 Å². The van der Waals surface area contributed by atoms with Crippen molar-refractivity contribution in [2.75, 3.05) is 12.9 Å². The highest BCUT2D eigenvalue weighted by Crippen LogP contribution is 2.24. The van der Waals surface area contributed by atoms with Gasteiger partial charge < -0.3 is 10.1 Å². The summed E-state index contributed by atoms with van der Waals surface area (Å²) in [5.74, 6) is 1.92. The highest BCUT2D eigenvalue weighted by Gasteiger charge is 2.22. The van der Waals surface area contributed by atoms with Crippen molar-refractivity contribution in [3.63, 3.8) is 0 Å². The molecule has 0 bridgehead atoms. The van der Waals surface area contributed by atoms with E-state index in [1.54, 1.807) is 25.3 Å². The maximum absolute atomic E-state index is 11.5. The molecule has 0 heterocycles. The first-order valence-electron chi connectivity index (χ1n) is 6.22. The Kier molecular flexibility index (Phi) is 4.85. The number of thioether (sulfide) groups is 1. The van der Waals surface area contributed by atoms with Crippen molar-refractivity contribution >= 4 is 24.0 Å². The third-order valence-electron chi connectivity index (χ3n) is 2.87. The van der Waals surface area contributed by atoms with Crippen LogP contribution in [0.3, 0.4) is 0 Å². The Morgan fingerprint density at radius 1 is 1.53 bits per heavy atom. The zero-order valence-corrected chi connectivity index (χ0v) is 11.7. The Morgan fingerprint density at radius 2 is 2.32 bits per heavy atom. The molecule has 19 heavy (non-hydrogen) atoms. The molecule has 1 fully saturated rings. The van der Waals surface area contributed by atoms with Crippen molar-refractivity contribution in [3.8, 4) is 5.75 Å². The van der Waals surface area contributed by atoms with Crippen LogP contribution in [-0.2, 0) is 10.5 Å². The SMILES string of the molecule is COc1ccc(C=O)cc1CSCC(=O)NC1CC1. The molecular weight excluding hydrogens is 262 g/mol. The molecule has 4 nitrogen and oxygen atoms in total. The van der Waals surface area contributed by atoms with Crippen molar-refractivity contribution in [2.45, 2.75) is 24.6 Å². The van der Waals surface area contributed by atoms with Gasteiger partial charge in [-0.15, -0.1) is 11.8 Å². The van der Waals surface area contributed by atoms with Crippen molar-refractivity contribution in [1.82, 2.24) is 5.32 Å². The number of ether oxygens (including phenoxy) is 1. The second kappa shape index (κ2) is 6.61. The van der Waals surface area contributed by atoms with Crippen molar-refractivity contribution < 1.29 is 14.3 Å². The number of nitrogens with one attached hydrogen (secondary N) is 1. The first kappa shape index (κ1) is 13.9. The molecule has 1 amide bonds. The quantitative estimate of drug-likeness (QED) is 0.776. The number of carbonyl (C=O) groups excluding carboxylic acids is 2. The summed E-state index contributed by atoms with van der Waals surface area (Å²) in [5, 5.41) is 2.94. The van der Waals surface area contributed by atoms with Crippen LogP contribution >= 0.6 is 11.8 Å². The third kappa shape index (κ3) is 4.28. The minimum Gasteiger partial charge on any atom is -0.496 e. The van der Waals surface area contributed by atoms with Gasteiger partial charge in [0, 0.05) is 22.9 Å². The van der Waals surface area contributed by atoms with Crippen LogP contribution < -0.4 is 10.1 Å². The van der Waals surface area contributed by atoms with E-state index >= 15 is 0 Å². The molecule has 5 heteroatoms. The van der Waals surface area contributed by atoms with Gasteiger partial charge in [0.15, 0.2) is 0 Å². The molecule has 1 aliphatic carbocycles. The minimum atomic E-state index is 0.0815. The van der Waals surface area contributed by atoms with E-state index in [2.05, 4.69) is 5.32 Å². The van der Waals surface area contributed by atoms with Gasteiger partial charge in [-0.25, -0.2) is 0 Å². The largest absolute Gasteiger partial charge is 0.496 e. The summed E-state index contributed by atoms with van der Waals surface area (Å²) in [6.07, 6.45) is 3.02. The van der Waals surface area contributed by atoms with Gasteiger partial charge in [-0.1, -0.05) is 0 Å². The molecule has 1 saturated carbocycles. The molecule has 0 atom stereocenters. The van der Waals surface area contributed by atoms with Crippen LogP contribution in [0.2, 0.25) is 0 Å². The summed E-state index contributed by atoms with van der Waals surface area (Å²) < 4.78 is 5.25. The highest BCUT2D eigenvalue weighted by molar-refractivity contribution is 7.99. The van der Waals surface area contributed by atoms with Gasteiger partial charge in [-0.3, -0.25) is 9.59 Å². The first-order chi connectivity index (χ1) is 9.22. The number of hydrogen-bond donors (Lipinski definition) is 1. The van der Waals surface area contributed by atoms with Crippen LogP contribution in [0, 0.1) is 0 Å². The van der Waals surface area contributed by atoms with E-state index in [1.165, 1.54) is 11.8 Å². The average molecular weight is 279 g/mol. The smallest absolute Gasteiger partial charge is 0.230 e. The molecule has 0 aliphatic heterocycles. The predicted octanol–water partition coefficient (Wildman–Crippen LogP) is 2.02. The fourth-order valence-electron chi connectivity index (χ4n) is 1.74. The van der Waals surface area contributed by atoms with Crippen LogP contribution in [0.25, 0.3) is 0 Å². The zero-order valence-electron chi connectivity index (χ0n) is 10.8. The Hall–Kier alpha value is -1.49. The summed E-state index contributed by atoms with van der Waals surface area (Å²) in [4.78, 5) is 22.3. The van der Waals surface area contributed by atoms with Crippen LogP contribution in [0.5, 0.6) is 5.75 Å². The lowest BCUT2D eigenvalue weighted by atomic mass is 10.1. The number of aldehydes is 1. The molecule has 0 radical (unpaired) electrons. The Balaban J connectivity index is 1.86. The molecule has 1 aromatic carbocycles. The predicted molar refractivity (Wildman–Crippen MR) is 75.7 cm³/mol. The van der Waals surface area contributed by atoms with E-state index in [0.717, 1.165) is 30.4 Å². The third-order valence-corrected chi connectivity index (χ3v) is 3.86. The Bertz CT molecular complexity index is 472. The lowest BCUT2D eigenvalue weighted by Gasteiger charge is -2.09. The maximum atomic E-state index is 11.5. The topological polar surface area (TPSA) is 55.4 Å². The van der Waals surface area contributed by atoms with Crippen molar-refractivity contribution in [3.05, 3.63) is 29.3 Å². The fraction of sp³-hybridized carbons (Fsp3) is 0.429. The van der Waals surface area contributed by atoms with Crippen LogP contribution in [0.15, 0.2) is 18.2 Å². The lowest BCUT2D eigenvalue weighted by molar-refractivity contribution is -0.118. The summed E-state index contributed by atoms with van der Waals surface area (Å²) in [6, 6.07) is 5.71. The van der Waals surface area contributed by atoms with E-state index in [1.807, 2.05) is 0 Å². The molecule has 2 rings (SSSR count). The molecule has 1 aromatic rings. The number of hydrogen-bond acceptors (Lipinski definition) is 4. The van der Waals surface area contributed by atoms with Crippen molar-refractivity contribution in [1.29, 1.82) is 0 Å². The van der Waals surface area contributed by atoms with Crippen LogP contribution in [0.1, 0.15) is 28.8 Å². The van der Waals surface area contributed by atoms with Gasteiger partial charge in [0.25, 0.3) is 0 Å². The van der Waals surface area contributed by atoms with E-state index in [9.17, 15) is 9.59 Å². The van der Waals surface area contributed by atoms with Gasteiger partial charge in [-0.05, 0) is 31.0 Å². The van der Waals surface area contributed by atoms with Crippen molar-refractivity contribution in [2.24, 2.45) is 0 Å². The van der Waals surface area contributed by atoms with E-state index in [4.69, 9.17) is 4.74 Å².